The van der Waals surface area contributed by atoms with Gasteiger partial charge in [-0.1, -0.05) is 45.4 Å². The number of pyridine rings is 2. The van der Waals surface area contributed by atoms with Crippen molar-refractivity contribution in [1.82, 2.24) is 4.98 Å². The summed E-state index contributed by atoms with van der Waals surface area (Å²) in [6.45, 7) is 6.00. The van der Waals surface area contributed by atoms with Crippen LogP contribution in [0.4, 0.5) is 0 Å². The van der Waals surface area contributed by atoms with Crippen molar-refractivity contribution in [3.63, 3.8) is 0 Å². The highest BCUT2D eigenvalue weighted by Crippen LogP contribution is 2.16. The fourth-order valence-electron chi connectivity index (χ4n) is 3.96. The number of aromatic nitrogens is 2. The SMILES string of the molecule is CCCCCCCCCC[N+](C)(C)CCCC[n+]1ccc(-c2ccncc2)cc1. The fraction of sp³-hybridized carbons (Fsp3) is 0.615. The van der Waals surface area contributed by atoms with Crippen molar-refractivity contribution in [3.05, 3.63) is 49.1 Å². The van der Waals surface area contributed by atoms with Gasteiger partial charge in [-0.3, -0.25) is 4.98 Å². The van der Waals surface area contributed by atoms with Crippen LogP contribution in [0.3, 0.4) is 0 Å². The molecule has 0 fully saturated rings. The molecule has 3 nitrogen and oxygen atoms in total. The molecule has 0 atom stereocenters. The molecule has 0 bridgehead atoms. The van der Waals surface area contributed by atoms with Crippen LogP contribution < -0.4 is 4.57 Å². The second kappa shape index (κ2) is 13.5. The van der Waals surface area contributed by atoms with Gasteiger partial charge in [0.15, 0.2) is 12.4 Å². The van der Waals surface area contributed by atoms with Gasteiger partial charge < -0.3 is 4.48 Å². The monoisotopic (exact) mass is 397 g/mol. The number of quaternary nitrogens is 1. The Balaban J connectivity index is 1.56. The fourth-order valence-corrected chi connectivity index (χ4v) is 3.96. The number of unbranched alkanes of at least 4 members (excludes halogenated alkanes) is 8. The molecule has 2 rings (SSSR count). The van der Waals surface area contributed by atoms with E-state index in [0.29, 0.717) is 0 Å². The maximum Gasteiger partial charge on any atom is 0.169 e. The van der Waals surface area contributed by atoms with E-state index in [4.69, 9.17) is 0 Å². The largest absolute Gasteiger partial charge is 0.328 e. The van der Waals surface area contributed by atoms with Crippen LogP contribution in [0.1, 0.15) is 71.1 Å². The van der Waals surface area contributed by atoms with Crippen molar-refractivity contribution >= 4 is 0 Å². The van der Waals surface area contributed by atoms with Crippen LogP contribution in [-0.2, 0) is 6.54 Å². The second-order valence-corrected chi connectivity index (χ2v) is 9.13. The Bertz CT molecular complexity index is 649. The van der Waals surface area contributed by atoms with E-state index in [1.165, 1.54) is 92.9 Å². The molecule has 0 unspecified atom stereocenters. The maximum atomic E-state index is 4.09. The molecule has 160 valence electrons. The second-order valence-electron chi connectivity index (χ2n) is 9.13. The van der Waals surface area contributed by atoms with Crippen molar-refractivity contribution in [2.24, 2.45) is 0 Å². The van der Waals surface area contributed by atoms with Gasteiger partial charge in [-0.2, -0.15) is 0 Å². The summed E-state index contributed by atoms with van der Waals surface area (Å²) in [6.07, 6.45) is 21.9. The lowest BCUT2D eigenvalue weighted by Gasteiger charge is -2.29. The summed E-state index contributed by atoms with van der Waals surface area (Å²) in [5.41, 5.74) is 2.49. The lowest BCUT2D eigenvalue weighted by atomic mass is 10.1. The van der Waals surface area contributed by atoms with E-state index in [2.05, 4.69) is 67.2 Å². The number of hydrogen-bond donors (Lipinski definition) is 0. The van der Waals surface area contributed by atoms with E-state index in [9.17, 15) is 0 Å². The summed E-state index contributed by atoms with van der Waals surface area (Å²) in [4.78, 5) is 4.09. The molecule has 0 spiro atoms. The van der Waals surface area contributed by atoms with E-state index >= 15 is 0 Å². The van der Waals surface area contributed by atoms with Crippen molar-refractivity contribution in [3.8, 4) is 11.1 Å². The standard InChI is InChI=1S/C26H43N3/c1-4-5-6-7-8-9-10-12-23-29(2,3)24-13-11-20-28-21-16-26(17-22-28)25-14-18-27-19-15-25/h14-19,21-22H,4-13,20,23-24H2,1-3H3/q+2. The number of rotatable bonds is 15. The summed E-state index contributed by atoms with van der Waals surface area (Å²) < 4.78 is 3.48. The Morgan fingerprint density at radius 2 is 1.21 bits per heavy atom. The summed E-state index contributed by atoms with van der Waals surface area (Å²) >= 11 is 0. The molecule has 0 aromatic carbocycles. The molecule has 3 heteroatoms. The molecule has 0 N–H and O–H groups in total. The van der Waals surface area contributed by atoms with Crippen LogP contribution in [0.2, 0.25) is 0 Å². The summed E-state index contributed by atoms with van der Waals surface area (Å²) in [5, 5.41) is 0. The molecule has 2 heterocycles. The summed E-state index contributed by atoms with van der Waals surface area (Å²) in [5.74, 6) is 0. The van der Waals surface area contributed by atoms with Crippen LogP contribution in [0.15, 0.2) is 49.1 Å². The van der Waals surface area contributed by atoms with E-state index in [-0.39, 0.29) is 0 Å². The smallest absolute Gasteiger partial charge is 0.169 e. The summed E-state index contributed by atoms with van der Waals surface area (Å²) in [7, 11) is 4.80. The van der Waals surface area contributed by atoms with Gasteiger partial charge >= 0.3 is 0 Å². The van der Waals surface area contributed by atoms with Crippen LogP contribution >= 0.6 is 0 Å². The van der Waals surface area contributed by atoms with Gasteiger partial charge in [-0.05, 0) is 36.1 Å². The predicted molar refractivity (Wildman–Crippen MR) is 124 cm³/mol. The van der Waals surface area contributed by atoms with Gasteiger partial charge in [0.05, 0.1) is 27.2 Å². The van der Waals surface area contributed by atoms with Gasteiger partial charge in [0.25, 0.3) is 0 Å². The highest BCUT2D eigenvalue weighted by molar-refractivity contribution is 5.61. The molecule has 0 aliphatic rings. The number of hydrogen-bond acceptors (Lipinski definition) is 1. The molecule has 29 heavy (non-hydrogen) atoms. The Morgan fingerprint density at radius 1 is 0.690 bits per heavy atom. The Labute approximate surface area is 179 Å². The minimum atomic E-state index is 1.11. The Morgan fingerprint density at radius 3 is 1.83 bits per heavy atom. The topological polar surface area (TPSA) is 16.8 Å². The van der Waals surface area contributed by atoms with Gasteiger partial charge in [0.2, 0.25) is 0 Å². The van der Waals surface area contributed by atoms with Crippen LogP contribution in [-0.4, -0.2) is 36.7 Å². The highest BCUT2D eigenvalue weighted by Gasteiger charge is 2.14. The zero-order valence-electron chi connectivity index (χ0n) is 19.2. The zero-order chi connectivity index (χ0) is 20.8. The summed E-state index contributed by atoms with van der Waals surface area (Å²) in [6, 6.07) is 8.54. The molecule has 2 aromatic heterocycles. The molecule has 0 saturated carbocycles. The third kappa shape index (κ3) is 10.0. The molecular weight excluding hydrogens is 354 g/mol. The van der Waals surface area contributed by atoms with Crippen LogP contribution in [0.25, 0.3) is 11.1 Å². The molecule has 0 aliphatic heterocycles. The zero-order valence-corrected chi connectivity index (χ0v) is 19.2. The molecule has 0 aliphatic carbocycles. The maximum absolute atomic E-state index is 4.09. The molecular formula is C26H43N3+2. The van der Waals surface area contributed by atoms with Gasteiger partial charge in [-0.25, -0.2) is 4.57 Å². The van der Waals surface area contributed by atoms with Crippen molar-refractivity contribution in [1.29, 1.82) is 0 Å². The highest BCUT2D eigenvalue weighted by atomic mass is 15.3. The van der Waals surface area contributed by atoms with Crippen molar-refractivity contribution in [2.75, 3.05) is 27.2 Å². The quantitative estimate of drug-likeness (QED) is 0.204. The first kappa shape index (κ1) is 23.5. The first-order chi connectivity index (χ1) is 14.1. The lowest BCUT2D eigenvalue weighted by molar-refractivity contribution is -0.891. The third-order valence-corrected chi connectivity index (χ3v) is 5.95. The lowest BCUT2D eigenvalue weighted by Crippen LogP contribution is -2.41. The van der Waals surface area contributed by atoms with Gasteiger partial charge in [-0.15, -0.1) is 0 Å². The van der Waals surface area contributed by atoms with E-state index < -0.39 is 0 Å². The van der Waals surface area contributed by atoms with E-state index in [1.54, 1.807) is 0 Å². The Hall–Kier alpha value is -1.74. The Kier molecular flexibility index (Phi) is 10.9. The van der Waals surface area contributed by atoms with Gasteiger partial charge in [0, 0.05) is 37.4 Å². The molecule has 0 amide bonds. The first-order valence-electron chi connectivity index (χ1n) is 11.8. The van der Waals surface area contributed by atoms with Crippen molar-refractivity contribution in [2.45, 2.75) is 77.7 Å². The minimum Gasteiger partial charge on any atom is -0.328 e. The van der Waals surface area contributed by atoms with Crippen LogP contribution in [0, 0.1) is 0 Å². The van der Waals surface area contributed by atoms with Crippen LogP contribution in [0.5, 0.6) is 0 Å². The first-order valence-corrected chi connectivity index (χ1v) is 11.8. The van der Waals surface area contributed by atoms with E-state index in [0.717, 1.165) is 6.54 Å². The average Bonchev–Trinajstić information content (AvgIpc) is 2.74. The predicted octanol–water partition coefficient (Wildman–Crippen LogP) is 6.03. The van der Waals surface area contributed by atoms with Gasteiger partial charge in [0.1, 0.15) is 6.54 Å². The normalized spacial score (nSPS) is 11.7. The molecule has 0 radical (unpaired) electrons. The minimum absolute atomic E-state index is 1.11. The molecule has 2 aromatic rings. The number of nitrogens with zero attached hydrogens (tertiary/aromatic N) is 3. The average molecular weight is 398 g/mol. The van der Waals surface area contributed by atoms with E-state index in [1.807, 2.05) is 12.4 Å². The van der Waals surface area contributed by atoms with Crippen molar-refractivity contribution < 1.29 is 9.05 Å². The third-order valence-electron chi connectivity index (χ3n) is 5.95. The molecule has 0 saturated heterocycles. The number of aryl methyl sites for hydroxylation is 1.